The summed E-state index contributed by atoms with van der Waals surface area (Å²) in [6.45, 7) is 4.00. The fraction of sp³-hybridized carbons (Fsp3) is 0.176. The zero-order valence-electron chi connectivity index (χ0n) is 15.6. The molecule has 0 bridgehead atoms. The third-order valence-corrected chi connectivity index (χ3v) is 3.97. The summed E-state index contributed by atoms with van der Waals surface area (Å²) in [6, 6.07) is 6.57. The minimum atomic E-state index is -4.72. The zero-order chi connectivity index (χ0) is 22.5. The number of aromatic nitrogens is 4. The van der Waals surface area contributed by atoms with Crippen LogP contribution >= 0.6 is 23.2 Å². The van der Waals surface area contributed by atoms with E-state index in [0.29, 0.717) is 10.7 Å². The second-order valence-electron chi connectivity index (χ2n) is 5.36. The van der Waals surface area contributed by atoms with Gasteiger partial charge in [0, 0.05) is 16.9 Å². The first kappa shape index (κ1) is 23.2. The molecule has 2 heterocycles. The summed E-state index contributed by atoms with van der Waals surface area (Å²) in [4.78, 5) is 15.6. The van der Waals surface area contributed by atoms with Crippen LogP contribution in [-0.2, 0) is 6.18 Å². The second kappa shape index (κ2) is 9.63. The van der Waals surface area contributed by atoms with Crippen molar-refractivity contribution in [2.24, 2.45) is 10.7 Å². The van der Waals surface area contributed by atoms with E-state index in [-0.39, 0.29) is 17.2 Å². The van der Waals surface area contributed by atoms with E-state index in [2.05, 4.69) is 25.6 Å². The molecule has 0 spiro atoms. The minimum absolute atomic E-state index is 0.0938. The van der Waals surface area contributed by atoms with E-state index in [1.165, 1.54) is 0 Å². The fourth-order valence-electron chi connectivity index (χ4n) is 2.25. The smallest absolute Gasteiger partial charge is 0.365 e. The number of aliphatic imine (C=N–C) groups is 1. The summed E-state index contributed by atoms with van der Waals surface area (Å²) < 4.78 is 38.9. The molecule has 5 N–H and O–H groups in total. The number of aromatic amines is 2. The maximum atomic E-state index is 13.0. The number of H-pyrrole nitrogens is 2. The van der Waals surface area contributed by atoms with E-state index < -0.39 is 28.5 Å². The van der Waals surface area contributed by atoms with E-state index in [9.17, 15) is 18.0 Å². The third-order valence-electron chi connectivity index (χ3n) is 3.44. The van der Waals surface area contributed by atoms with E-state index in [4.69, 9.17) is 28.9 Å². The van der Waals surface area contributed by atoms with Gasteiger partial charge < -0.3 is 11.1 Å². The van der Waals surface area contributed by atoms with Crippen LogP contribution in [0.1, 0.15) is 35.5 Å². The predicted molar refractivity (Wildman–Crippen MR) is 109 cm³/mol. The molecule has 8 nitrogen and oxygen atoms in total. The Bertz CT molecular complexity index is 1060. The normalized spacial score (nSPS) is 11.3. The second-order valence-corrected chi connectivity index (χ2v) is 6.15. The molecular formula is C17H16Cl2F3N7O. The molecule has 0 fully saturated rings. The van der Waals surface area contributed by atoms with Gasteiger partial charge in [0.15, 0.2) is 11.0 Å². The van der Waals surface area contributed by atoms with E-state index in [0.717, 1.165) is 6.21 Å². The molecule has 0 aliphatic heterocycles. The summed E-state index contributed by atoms with van der Waals surface area (Å²) in [5.74, 6) is -1.04. The first-order valence-electron chi connectivity index (χ1n) is 8.42. The quantitative estimate of drug-likeness (QED) is 0.395. The average molecular weight is 462 g/mol. The van der Waals surface area contributed by atoms with Crippen molar-refractivity contribution in [1.82, 2.24) is 20.4 Å². The fourth-order valence-corrected chi connectivity index (χ4v) is 2.62. The Balaban J connectivity index is 0.00000155. The van der Waals surface area contributed by atoms with Crippen LogP contribution in [0.4, 0.5) is 30.5 Å². The lowest BCUT2D eigenvalue weighted by Crippen LogP contribution is -2.12. The summed E-state index contributed by atoms with van der Waals surface area (Å²) in [6.07, 6.45) is -3.93. The summed E-state index contributed by atoms with van der Waals surface area (Å²) >= 11 is 11.6. The first-order valence-corrected chi connectivity index (χ1v) is 9.18. The number of benzene rings is 1. The molecule has 0 aliphatic carbocycles. The maximum Gasteiger partial charge on any atom is 0.433 e. The largest absolute Gasteiger partial charge is 0.433 e. The van der Waals surface area contributed by atoms with Crippen molar-refractivity contribution in [2.45, 2.75) is 20.0 Å². The van der Waals surface area contributed by atoms with Gasteiger partial charge in [0.2, 0.25) is 0 Å². The number of hydrogen-bond donors (Lipinski definition) is 4. The van der Waals surface area contributed by atoms with Gasteiger partial charge in [-0.15, -0.1) is 0 Å². The Kier molecular flexibility index (Phi) is 7.46. The molecule has 1 amide bonds. The number of carbonyl (C=O) groups is 1. The molecule has 13 heteroatoms. The van der Waals surface area contributed by atoms with E-state index >= 15 is 0 Å². The number of primary amides is 1. The van der Waals surface area contributed by atoms with Crippen molar-refractivity contribution in [3.63, 3.8) is 0 Å². The van der Waals surface area contributed by atoms with Crippen molar-refractivity contribution < 1.29 is 18.0 Å². The average Bonchev–Trinajstić information content (AvgIpc) is 3.24. The van der Waals surface area contributed by atoms with Crippen LogP contribution in [0, 0.1) is 0 Å². The lowest BCUT2D eigenvalue weighted by atomic mass is 10.2. The summed E-state index contributed by atoms with van der Waals surface area (Å²) in [5.41, 5.74) is 4.03. The van der Waals surface area contributed by atoms with Crippen molar-refractivity contribution in [3.05, 3.63) is 51.3 Å². The molecule has 30 heavy (non-hydrogen) atoms. The van der Waals surface area contributed by atoms with Gasteiger partial charge in [0.25, 0.3) is 5.91 Å². The highest BCUT2D eigenvalue weighted by Gasteiger charge is 2.36. The highest BCUT2D eigenvalue weighted by atomic mass is 35.5. The molecule has 160 valence electrons. The molecule has 0 unspecified atom stereocenters. The van der Waals surface area contributed by atoms with Crippen LogP contribution in [0.5, 0.6) is 0 Å². The molecule has 0 saturated heterocycles. The lowest BCUT2D eigenvalue weighted by Gasteiger charge is -2.05. The van der Waals surface area contributed by atoms with Gasteiger partial charge in [-0.2, -0.15) is 23.4 Å². The maximum absolute atomic E-state index is 13.0. The lowest BCUT2D eigenvalue weighted by molar-refractivity contribution is -0.141. The molecule has 0 saturated carbocycles. The number of anilines is 2. The minimum Gasteiger partial charge on any atom is -0.365 e. The van der Waals surface area contributed by atoms with Crippen molar-refractivity contribution in [3.8, 4) is 0 Å². The number of amides is 1. The van der Waals surface area contributed by atoms with Crippen LogP contribution in [0.25, 0.3) is 0 Å². The van der Waals surface area contributed by atoms with Crippen molar-refractivity contribution >= 4 is 52.6 Å². The Morgan fingerprint density at radius 2 is 1.93 bits per heavy atom. The highest BCUT2D eigenvalue weighted by Crippen LogP contribution is 2.33. The summed E-state index contributed by atoms with van der Waals surface area (Å²) in [5, 5.41) is 14.3. The molecule has 0 atom stereocenters. The van der Waals surface area contributed by atoms with Crippen LogP contribution in [0.15, 0.2) is 29.3 Å². The van der Waals surface area contributed by atoms with Gasteiger partial charge in [-0.3, -0.25) is 15.0 Å². The Morgan fingerprint density at radius 3 is 2.53 bits per heavy atom. The molecule has 2 aromatic heterocycles. The van der Waals surface area contributed by atoms with Gasteiger partial charge in [-0.1, -0.05) is 43.1 Å². The van der Waals surface area contributed by atoms with Gasteiger partial charge in [0.1, 0.15) is 17.1 Å². The number of rotatable bonds is 5. The number of nitrogens with zero attached hydrogens (tertiary/aromatic N) is 3. The number of halogens is 5. The Hall–Kier alpha value is -3.05. The Morgan fingerprint density at radius 1 is 1.23 bits per heavy atom. The molecule has 3 rings (SSSR count). The molecule has 0 aliphatic rings. The SMILES string of the molecule is CC.NC(=O)c1c(N=Cc2c(Cl)n[nH]c2C(F)(F)F)n[nH]c1Nc1cccc(Cl)c1. The van der Waals surface area contributed by atoms with Gasteiger partial charge >= 0.3 is 6.18 Å². The standard InChI is InChI=1S/C15H10Cl2F3N7O.C2H6/c16-6-2-1-3-7(4-6)23-14-9(12(21)28)13(26-27-14)22-5-8-10(15(18,19)20)24-25-11(8)17;1-2/h1-5H,(H2,21,28)(H,24,25)(H2,23,26,27);1-2H3. The number of carbonyl (C=O) groups excluding carboxylic acids is 1. The molecule has 0 radical (unpaired) electrons. The third kappa shape index (κ3) is 5.30. The number of nitrogens with two attached hydrogens (primary N) is 1. The Labute approximate surface area is 178 Å². The topological polar surface area (TPSA) is 125 Å². The van der Waals surface area contributed by atoms with E-state index in [1.54, 1.807) is 29.4 Å². The number of hydrogen-bond acceptors (Lipinski definition) is 5. The molecular weight excluding hydrogens is 446 g/mol. The van der Waals surface area contributed by atoms with Gasteiger partial charge in [-0.25, -0.2) is 4.99 Å². The van der Waals surface area contributed by atoms with Crippen molar-refractivity contribution in [2.75, 3.05) is 5.32 Å². The summed E-state index contributed by atoms with van der Waals surface area (Å²) in [7, 11) is 0. The van der Waals surface area contributed by atoms with Crippen molar-refractivity contribution in [1.29, 1.82) is 0 Å². The highest BCUT2D eigenvalue weighted by molar-refractivity contribution is 6.32. The monoisotopic (exact) mass is 461 g/mol. The zero-order valence-corrected chi connectivity index (χ0v) is 17.1. The van der Waals surface area contributed by atoms with Gasteiger partial charge in [-0.05, 0) is 18.2 Å². The number of nitrogens with one attached hydrogen (secondary N) is 3. The first-order chi connectivity index (χ1) is 14.2. The molecule has 1 aromatic carbocycles. The van der Waals surface area contributed by atoms with Crippen LogP contribution in [0.2, 0.25) is 10.2 Å². The van der Waals surface area contributed by atoms with Crippen LogP contribution in [-0.4, -0.2) is 32.5 Å². The van der Waals surface area contributed by atoms with E-state index in [1.807, 2.05) is 13.8 Å². The predicted octanol–water partition coefficient (Wildman–Crippen LogP) is 5.08. The van der Waals surface area contributed by atoms with Crippen LogP contribution < -0.4 is 11.1 Å². The molecule has 3 aromatic rings. The number of alkyl halides is 3. The van der Waals surface area contributed by atoms with Gasteiger partial charge in [0.05, 0.1) is 5.56 Å². The van der Waals surface area contributed by atoms with Crippen LogP contribution in [0.3, 0.4) is 0 Å².